The van der Waals surface area contributed by atoms with Crippen LogP contribution in [0.1, 0.15) is 27.2 Å². The van der Waals surface area contributed by atoms with Crippen LogP contribution in [-0.4, -0.2) is 52.1 Å². The predicted molar refractivity (Wildman–Crippen MR) is 124 cm³/mol. The highest BCUT2D eigenvalue weighted by Gasteiger charge is 2.50. The van der Waals surface area contributed by atoms with E-state index < -0.39 is 15.4 Å². The topological polar surface area (TPSA) is 68.2 Å². The first-order chi connectivity index (χ1) is 14.3. The highest BCUT2D eigenvalue weighted by Crippen LogP contribution is 2.36. The number of methoxy groups -OCH3 is 1. The zero-order valence-electron chi connectivity index (χ0n) is 18.3. The van der Waals surface area contributed by atoms with E-state index in [0.717, 1.165) is 0 Å². The Hall–Kier alpha value is -1.74. The molecule has 0 saturated heterocycles. The molecule has 0 aliphatic carbocycles. The maximum absolute atomic E-state index is 9.14. The molecule has 2 N–H and O–H groups in total. The average molecular weight is 428 g/mol. The molecule has 0 aromatic heterocycles. The lowest BCUT2D eigenvalue weighted by Gasteiger charge is -2.43. The van der Waals surface area contributed by atoms with Crippen molar-refractivity contribution in [3.8, 4) is 0 Å². The number of benzene rings is 2. The van der Waals surface area contributed by atoms with Crippen LogP contribution in [0.15, 0.2) is 72.7 Å². The summed E-state index contributed by atoms with van der Waals surface area (Å²) >= 11 is 0. The molecule has 30 heavy (non-hydrogen) atoms. The van der Waals surface area contributed by atoms with Gasteiger partial charge >= 0.3 is 7.12 Å². The molecule has 0 amide bonds. The van der Waals surface area contributed by atoms with Crippen LogP contribution in [0.2, 0.25) is 5.04 Å². The number of ether oxygens (including phenoxy) is 2. The first kappa shape index (κ1) is 24.5. The van der Waals surface area contributed by atoms with Gasteiger partial charge in [0.1, 0.15) is 6.79 Å². The van der Waals surface area contributed by atoms with Crippen LogP contribution in [0.4, 0.5) is 0 Å². The molecule has 0 spiro atoms. The summed E-state index contributed by atoms with van der Waals surface area (Å²) in [4.78, 5) is 0. The molecule has 2 rings (SSSR count). The van der Waals surface area contributed by atoms with E-state index in [1.54, 1.807) is 13.2 Å². The molecule has 2 aromatic rings. The second-order valence-corrected chi connectivity index (χ2v) is 12.5. The van der Waals surface area contributed by atoms with Crippen molar-refractivity contribution >= 4 is 25.8 Å². The molecule has 0 aliphatic rings. The van der Waals surface area contributed by atoms with Crippen LogP contribution < -0.4 is 10.4 Å². The third-order valence-electron chi connectivity index (χ3n) is 5.04. The Morgan fingerprint density at radius 2 is 1.50 bits per heavy atom. The standard InChI is InChI=1S/C23H33BO5Si/c1-23(2,3)30(21-11-7-5-8-12-21,22-13-9-6-10-14-22)29-18-16-20(28-19-27-4)15-17-24(25)26/h5-15,17,20,25-26H,16,18-19H2,1-4H3/b17-15+/t20-/m1/s1. The van der Waals surface area contributed by atoms with Gasteiger partial charge in [-0.2, -0.15) is 0 Å². The largest absolute Gasteiger partial charge is 0.480 e. The Morgan fingerprint density at radius 3 is 1.93 bits per heavy atom. The summed E-state index contributed by atoms with van der Waals surface area (Å²) in [5.41, 5.74) is 0. The minimum absolute atomic E-state index is 0.101. The van der Waals surface area contributed by atoms with Gasteiger partial charge in [0, 0.05) is 13.7 Å². The van der Waals surface area contributed by atoms with Crippen molar-refractivity contribution in [3.63, 3.8) is 0 Å². The second kappa shape index (κ2) is 11.6. The predicted octanol–water partition coefficient (Wildman–Crippen LogP) is 2.51. The molecular weight excluding hydrogens is 395 g/mol. The zero-order chi connectivity index (χ0) is 22.0. The summed E-state index contributed by atoms with van der Waals surface area (Å²) in [6, 6.07) is 20.9. The Morgan fingerprint density at radius 1 is 0.967 bits per heavy atom. The van der Waals surface area contributed by atoms with Crippen molar-refractivity contribution in [3.05, 3.63) is 72.7 Å². The third kappa shape index (κ3) is 6.38. The summed E-state index contributed by atoms with van der Waals surface area (Å²) in [5, 5.41) is 20.6. The van der Waals surface area contributed by atoms with Crippen LogP contribution in [0.25, 0.3) is 0 Å². The maximum Gasteiger partial charge on any atom is 0.480 e. The second-order valence-electron chi connectivity index (χ2n) is 8.21. The monoisotopic (exact) mass is 428 g/mol. The normalized spacial score (nSPS) is 13.5. The Labute approximate surface area is 181 Å². The molecule has 7 heteroatoms. The third-order valence-corrected chi connectivity index (χ3v) is 10.1. The lowest BCUT2D eigenvalue weighted by atomic mass is 9.91. The van der Waals surface area contributed by atoms with E-state index in [0.29, 0.717) is 13.0 Å². The molecule has 0 saturated carbocycles. The summed E-state index contributed by atoms with van der Waals surface area (Å²) in [5.74, 6) is 1.29. The summed E-state index contributed by atoms with van der Waals surface area (Å²) in [6.07, 6.45) is 1.86. The molecule has 0 unspecified atom stereocenters. The molecule has 0 heterocycles. The van der Waals surface area contributed by atoms with Gasteiger partial charge in [-0.25, -0.2) is 0 Å². The number of hydrogen-bond donors (Lipinski definition) is 2. The van der Waals surface area contributed by atoms with E-state index in [4.69, 9.17) is 23.9 Å². The van der Waals surface area contributed by atoms with Crippen molar-refractivity contribution in [2.75, 3.05) is 20.5 Å². The van der Waals surface area contributed by atoms with Gasteiger partial charge in [-0.05, 0) is 21.8 Å². The summed E-state index contributed by atoms with van der Waals surface area (Å²) in [7, 11) is -2.56. The fraction of sp³-hybridized carbons (Fsp3) is 0.391. The van der Waals surface area contributed by atoms with Crippen molar-refractivity contribution < 1.29 is 23.9 Å². The van der Waals surface area contributed by atoms with Gasteiger partial charge in [0.05, 0.1) is 6.10 Å². The van der Waals surface area contributed by atoms with Crippen molar-refractivity contribution in [2.45, 2.75) is 38.3 Å². The van der Waals surface area contributed by atoms with Crippen molar-refractivity contribution in [1.29, 1.82) is 0 Å². The van der Waals surface area contributed by atoms with Gasteiger partial charge in [0.15, 0.2) is 0 Å². The molecular formula is C23H33BO5Si. The van der Waals surface area contributed by atoms with E-state index in [1.807, 2.05) is 12.1 Å². The van der Waals surface area contributed by atoms with Gasteiger partial charge in [-0.15, -0.1) is 0 Å². The van der Waals surface area contributed by atoms with Crippen LogP contribution in [0, 0.1) is 0 Å². The van der Waals surface area contributed by atoms with Gasteiger partial charge < -0.3 is 23.9 Å². The van der Waals surface area contributed by atoms with Crippen molar-refractivity contribution in [1.82, 2.24) is 0 Å². The van der Waals surface area contributed by atoms with E-state index >= 15 is 0 Å². The lowest BCUT2D eigenvalue weighted by Crippen LogP contribution is -2.66. The van der Waals surface area contributed by atoms with Crippen LogP contribution in [0.5, 0.6) is 0 Å². The van der Waals surface area contributed by atoms with Crippen LogP contribution in [-0.2, 0) is 13.9 Å². The van der Waals surface area contributed by atoms with Crippen molar-refractivity contribution in [2.24, 2.45) is 0 Å². The maximum atomic E-state index is 9.14. The molecule has 162 valence electrons. The Bertz CT molecular complexity index is 723. The van der Waals surface area contributed by atoms with Crippen LogP contribution in [0.3, 0.4) is 0 Å². The van der Waals surface area contributed by atoms with Gasteiger partial charge in [-0.3, -0.25) is 0 Å². The fourth-order valence-electron chi connectivity index (χ4n) is 3.70. The highest BCUT2D eigenvalue weighted by atomic mass is 28.4. The van der Waals surface area contributed by atoms with E-state index in [2.05, 4.69) is 69.3 Å². The Balaban J connectivity index is 2.34. The van der Waals surface area contributed by atoms with E-state index in [1.165, 1.54) is 16.3 Å². The average Bonchev–Trinajstić information content (AvgIpc) is 2.73. The minimum Gasteiger partial charge on any atom is -0.424 e. The number of hydrogen-bond acceptors (Lipinski definition) is 5. The number of rotatable bonds is 11. The molecule has 1 atom stereocenters. The molecule has 2 aromatic carbocycles. The fourth-order valence-corrected chi connectivity index (χ4v) is 8.28. The molecule has 0 aliphatic heterocycles. The SMILES string of the molecule is COCO[C@H](/C=C/B(O)O)CCO[Si](c1ccccc1)(c1ccccc1)C(C)(C)C. The first-order valence-electron chi connectivity index (χ1n) is 10.2. The molecule has 5 nitrogen and oxygen atoms in total. The van der Waals surface area contributed by atoms with E-state index in [9.17, 15) is 0 Å². The Kier molecular flexibility index (Phi) is 9.48. The minimum atomic E-state index is -2.60. The summed E-state index contributed by atoms with van der Waals surface area (Å²) < 4.78 is 17.5. The molecule has 0 bridgehead atoms. The van der Waals surface area contributed by atoms with Gasteiger partial charge in [-0.1, -0.05) is 93.5 Å². The highest BCUT2D eigenvalue weighted by molar-refractivity contribution is 6.99. The first-order valence-corrected chi connectivity index (χ1v) is 12.1. The lowest BCUT2D eigenvalue weighted by molar-refractivity contribution is -0.0602. The zero-order valence-corrected chi connectivity index (χ0v) is 19.3. The molecule has 0 radical (unpaired) electrons. The smallest absolute Gasteiger partial charge is 0.424 e. The quantitative estimate of drug-likeness (QED) is 0.425. The van der Waals surface area contributed by atoms with Gasteiger partial charge in [0.25, 0.3) is 8.32 Å². The summed E-state index contributed by atoms with van der Waals surface area (Å²) in [6.45, 7) is 7.30. The molecule has 0 fully saturated rings. The van der Waals surface area contributed by atoms with E-state index in [-0.39, 0.29) is 17.9 Å². The van der Waals surface area contributed by atoms with Gasteiger partial charge in [0.2, 0.25) is 0 Å². The van der Waals surface area contributed by atoms with Crippen LogP contribution >= 0.6 is 0 Å².